The Morgan fingerprint density at radius 3 is 2.52 bits per heavy atom. The molecule has 0 fully saturated rings. The first-order valence-corrected chi connectivity index (χ1v) is 9.26. The lowest BCUT2D eigenvalue weighted by molar-refractivity contribution is 0.318. The van der Waals surface area contributed by atoms with E-state index in [1.165, 1.54) is 12.1 Å². The smallest absolute Gasteiger partial charge is 0.191 e. The Morgan fingerprint density at radius 2 is 1.80 bits per heavy atom. The van der Waals surface area contributed by atoms with E-state index in [-0.39, 0.29) is 5.82 Å². The lowest BCUT2D eigenvalue weighted by Crippen LogP contribution is -2.02. The van der Waals surface area contributed by atoms with Gasteiger partial charge in [0.15, 0.2) is 11.0 Å². The Hall–Kier alpha value is -2.34. The van der Waals surface area contributed by atoms with Crippen molar-refractivity contribution in [2.45, 2.75) is 25.0 Å². The lowest BCUT2D eigenvalue weighted by atomic mass is 10.2. The van der Waals surface area contributed by atoms with Crippen molar-refractivity contribution >= 4 is 11.8 Å². The normalized spacial score (nSPS) is 10.8. The van der Waals surface area contributed by atoms with Crippen molar-refractivity contribution in [1.29, 1.82) is 0 Å². The van der Waals surface area contributed by atoms with E-state index in [2.05, 4.69) is 21.7 Å². The largest absolute Gasteiger partial charge is 0.494 e. The van der Waals surface area contributed by atoms with Gasteiger partial charge >= 0.3 is 0 Å². The number of benzene rings is 2. The van der Waals surface area contributed by atoms with Gasteiger partial charge in [-0.3, -0.25) is 0 Å². The Morgan fingerprint density at radius 1 is 1.04 bits per heavy atom. The van der Waals surface area contributed by atoms with Crippen LogP contribution in [0.3, 0.4) is 0 Å². The van der Waals surface area contributed by atoms with Gasteiger partial charge < -0.3 is 9.30 Å². The Kier molecular flexibility index (Phi) is 6.06. The summed E-state index contributed by atoms with van der Waals surface area (Å²) >= 11 is 1.67. The highest BCUT2D eigenvalue weighted by Crippen LogP contribution is 2.24. The molecule has 0 aliphatic carbocycles. The van der Waals surface area contributed by atoms with E-state index in [1.54, 1.807) is 23.9 Å². The van der Waals surface area contributed by atoms with Crippen molar-refractivity contribution in [1.82, 2.24) is 14.8 Å². The summed E-state index contributed by atoms with van der Waals surface area (Å²) < 4.78 is 20.6. The maximum atomic E-state index is 12.8. The zero-order chi connectivity index (χ0) is 17.5. The summed E-state index contributed by atoms with van der Waals surface area (Å²) in [5.41, 5.74) is 1.07. The minimum atomic E-state index is -0.254. The van der Waals surface area contributed by atoms with Crippen LogP contribution in [0, 0.1) is 5.82 Å². The maximum Gasteiger partial charge on any atom is 0.191 e. The number of ether oxygens (including phenoxy) is 1. The van der Waals surface area contributed by atoms with Crippen molar-refractivity contribution in [2.24, 2.45) is 0 Å². The van der Waals surface area contributed by atoms with Gasteiger partial charge in [-0.2, -0.15) is 0 Å². The summed E-state index contributed by atoms with van der Waals surface area (Å²) in [5.74, 6) is 2.22. The third kappa shape index (κ3) is 4.60. The Balaban J connectivity index is 1.51. The van der Waals surface area contributed by atoms with Crippen molar-refractivity contribution in [2.75, 3.05) is 12.4 Å². The summed E-state index contributed by atoms with van der Waals surface area (Å²) in [7, 11) is 0. The second kappa shape index (κ2) is 8.67. The Labute approximate surface area is 151 Å². The second-order valence-corrected chi connectivity index (χ2v) is 6.48. The molecule has 3 rings (SSSR count). The fourth-order valence-corrected chi connectivity index (χ4v) is 3.34. The number of hydrogen-bond donors (Lipinski definition) is 0. The van der Waals surface area contributed by atoms with Crippen LogP contribution in [-0.2, 0) is 6.54 Å². The highest BCUT2D eigenvalue weighted by Gasteiger charge is 2.12. The molecule has 0 spiro atoms. The summed E-state index contributed by atoms with van der Waals surface area (Å²) in [6.07, 6.45) is 0.874. The first-order valence-electron chi connectivity index (χ1n) is 8.27. The number of halogens is 1. The molecule has 0 aliphatic heterocycles. The van der Waals surface area contributed by atoms with Crippen LogP contribution in [0.4, 0.5) is 4.39 Å². The maximum absolute atomic E-state index is 12.8. The van der Waals surface area contributed by atoms with Crippen molar-refractivity contribution in [3.63, 3.8) is 0 Å². The molecule has 4 nitrogen and oxygen atoms in total. The number of aromatic nitrogens is 3. The molecule has 0 amide bonds. The van der Waals surface area contributed by atoms with Gasteiger partial charge in [-0.05, 0) is 37.6 Å². The molecular weight excluding hydrogens is 337 g/mol. The molecule has 0 bridgehead atoms. The average molecular weight is 357 g/mol. The molecule has 6 heteroatoms. The molecule has 1 heterocycles. The van der Waals surface area contributed by atoms with Crippen molar-refractivity contribution in [3.8, 4) is 17.1 Å². The van der Waals surface area contributed by atoms with Crippen LogP contribution in [0.5, 0.6) is 5.75 Å². The Bertz CT molecular complexity index is 790. The molecule has 1 aromatic heterocycles. The molecule has 0 atom stereocenters. The topological polar surface area (TPSA) is 39.9 Å². The average Bonchev–Trinajstić information content (AvgIpc) is 3.06. The predicted molar refractivity (Wildman–Crippen MR) is 98.4 cm³/mol. The lowest BCUT2D eigenvalue weighted by Gasteiger charge is -2.08. The number of thioether (sulfide) groups is 1. The van der Waals surface area contributed by atoms with Crippen LogP contribution in [-0.4, -0.2) is 27.1 Å². The van der Waals surface area contributed by atoms with E-state index in [0.717, 1.165) is 35.3 Å². The van der Waals surface area contributed by atoms with Crippen LogP contribution >= 0.6 is 11.8 Å². The zero-order valence-electron chi connectivity index (χ0n) is 14.1. The second-order valence-electron chi connectivity index (χ2n) is 5.42. The molecule has 0 aliphatic rings. The van der Waals surface area contributed by atoms with Gasteiger partial charge in [-0.15, -0.1) is 10.2 Å². The third-order valence-corrected chi connectivity index (χ3v) is 4.72. The minimum Gasteiger partial charge on any atom is -0.494 e. The van der Waals surface area contributed by atoms with Crippen LogP contribution in [0.1, 0.15) is 13.3 Å². The summed E-state index contributed by atoms with van der Waals surface area (Å²) in [6, 6.07) is 16.2. The molecule has 0 N–H and O–H groups in total. The number of nitrogens with zero attached hydrogens (tertiary/aromatic N) is 3. The molecule has 0 unspecified atom stereocenters. The van der Waals surface area contributed by atoms with Gasteiger partial charge in [0.2, 0.25) is 0 Å². The molecule has 130 valence electrons. The highest BCUT2D eigenvalue weighted by molar-refractivity contribution is 7.99. The van der Waals surface area contributed by atoms with Gasteiger partial charge in [0, 0.05) is 17.9 Å². The standard InChI is InChI=1S/C19H20FN3OS/c1-2-23-18(15-7-4-3-5-8-15)21-22-19(23)25-14-6-13-24-17-11-9-16(20)10-12-17/h3-5,7-12H,2,6,13-14H2,1H3. The predicted octanol–water partition coefficient (Wildman–Crippen LogP) is 4.67. The molecule has 25 heavy (non-hydrogen) atoms. The van der Waals surface area contributed by atoms with Crippen LogP contribution in [0.15, 0.2) is 59.8 Å². The first-order chi connectivity index (χ1) is 12.3. The zero-order valence-corrected chi connectivity index (χ0v) is 14.9. The quantitative estimate of drug-likeness (QED) is 0.434. The molecule has 0 radical (unpaired) electrons. The van der Waals surface area contributed by atoms with E-state index in [4.69, 9.17) is 4.74 Å². The minimum absolute atomic E-state index is 0.254. The molecule has 0 saturated heterocycles. The molecule has 0 saturated carbocycles. The van der Waals surface area contributed by atoms with Crippen molar-refractivity contribution in [3.05, 3.63) is 60.4 Å². The van der Waals surface area contributed by atoms with Gasteiger partial charge in [-0.1, -0.05) is 42.1 Å². The van der Waals surface area contributed by atoms with Crippen LogP contribution < -0.4 is 4.74 Å². The van der Waals surface area contributed by atoms with Gasteiger partial charge in [-0.25, -0.2) is 4.39 Å². The highest BCUT2D eigenvalue weighted by atomic mass is 32.2. The molecule has 2 aromatic carbocycles. The van der Waals surface area contributed by atoms with E-state index < -0.39 is 0 Å². The van der Waals surface area contributed by atoms with E-state index in [1.807, 2.05) is 30.3 Å². The SMILES string of the molecule is CCn1c(SCCCOc2ccc(F)cc2)nnc1-c1ccccc1. The van der Waals surface area contributed by atoms with E-state index >= 15 is 0 Å². The van der Waals surface area contributed by atoms with E-state index in [9.17, 15) is 4.39 Å². The first kappa shape index (κ1) is 17.5. The summed E-state index contributed by atoms with van der Waals surface area (Å²) in [6.45, 7) is 3.51. The van der Waals surface area contributed by atoms with E-state index in [0.29, 0.717) is 12.4 Å². The van der Waals surface area contributed by atoms with Crippen LogP contribution in [0.25, 0.3) is 11.4 Å². The summed E-state index contributed by atoms with van der Waals surface area (Å²) in [4.78, 5) is 0. The van der Waals surface area contributed by atoms with Crippen LogP contribution in [0.2, 0.25) is 0 Å². The third-order valence-electron chi connectivity index (χ3n) is 3.67. The molecular formula is C19H20FN3OS. The number of rotatable bonds is 8. The fraction of sp³-hybridized carbons (Fsp3) is 0.263. The van der Waals surface area contributed by atoms with Crippen molar-refractivity contribution < 1.29 is 9.13 Å². The van der Waals surface area contributed by atoms with Gasteiger partial charge in [0.05, 0.1) is 6.61 Å². The van der Waals surface area contributed by atoms with Gasteiger partial charge in [0.1, 0.15) is 11.6 Å². The van der Waals surface area contributed by atoms with Gasteiger partial charge in [0.25, 0.3) is 0 Å². The molecule has 3 aromatic rings. The number of hydrogen-bond acceptors (Lipinski definition) is 4. The fourth-order valence-electron chi connectivity index (χ4n) is 2.42. The monoisotopic (exact) mass is 357 g/mol. The summed E-state index contributed by atoms with van der Waals surface area (Å²) in [5, 5.41) is 9.58.